The van der Waals surface area contributed by atoms with Crippen LogP contribution in [0.5, 0.6) is 0 Å². The van der Waals surface area contributed by atoms with E-state index in [0.717, 1.165) is 5.69 Å². The standard InChI is InChI=1S/C9H16N4O/c1-12(2)9(14)7-10-6-8-4-5-11-13(8)3/h4-5,10H,6-7H2,1-3H3. The summed E-state index contributed by atoms with van der Waals surface area (Å²) >= 11 is 0. The molecule has 0 saturated heterocycles. The molecule has 1 amide bonds. The Labute approximate surface area is 83.7 Å². The Bertz CT molecular complexity index is 306. The number of hydrogen-bond acceptors (Lipinski definition) is 3. The van der Waals surface area contributed by atoms with Gasteiger partial charge in [-0.3, -0.25) is 9.48 Å². The molecule has 0 atom stereocenters. The highest BCUT2D eigenvalue weighted by molar-refractivity contribution is 5.77. The van der Waals surface area contributed by atoms with E-state index in [0.29, 0.717) is 13.1 Å². The number of rotatable bonds is 4. The number of nitrogens with zero attached hydrogens (tertiary/aromatic N) is 3. The van der Waals surface area contributed by atoms with Crippen LogP contribution in [0.1, 0.15) is 5.69 Å². The molecule has 1 N–H and O–H groups in total. The summed E-state index contributed by atoms with van der Waals surface area (Å²) in [4.78, 5) is 12.8. The Balaban J connectivity index is 2.29. The first kappa shape index (κ1) is 10.7. The Morgan fingerprint density at radius 2 is 2.36 bits per heavy atom. The second kappa shape index (κ2) is 4.76. The number of carbonyl (C=O) groups excluding carboxylic acids is 1. The maximum absolute atomic E-state index is 11.2. The smallest absolute Gasteiger partial charge is 0.236 e. The van der Waals surface area contributed by atoms with Gasteiger partial charge in [0.15, 0.2) is 0 Å². The van der Waals surface area contributed by atoms with E-state index in [1.54, 1.807) is 29.9 Å². The van der Waals surface area contributed by atoms with Gasteiger partial charge in [-0.2, -0.15) is 5.10 Å². The fraction of sp³-hybridized carbons (Fsp3) is 0.556. The van der Waals surface area contributed by atoms with Gasteiger partial charge in [0.1, 0.15) is 0 Å². The monoisotopic (exact) mass is 196 g/mol. The van der Waals surface area contributed by atoms with E-state index < -0.39 is 0 Å². The van der Waals surface area contributed by atoms with Gasteiger partial charge in [0.25, 0.3) is 0 Å². The Morgan fingerprint density at radius 1 is 1.64 bits per heavy atom. The minimum atomic E-state index is 0.0761. The van der Waals surface area contributed by atoms with E-state index in [1.807, 2.05) is 13.1 Å². The van der Waals surface area contributed by atoms with E-state index in [2.05, 4.69) is 10.4 Å². The number of nitrogens with one attached hydrogen (secondary N) is 1. The molecule has 0 saturated carbocycles. The maximum atomic E-state index is 11.2. The van der Waals surface area contributed by atoms with Crippen LogP contribution in [0, 0.1) is 0 Å². The quantitative estimate of drug-likeness (QED) is 0.712. The van der Waals surface area contributed by atoms with Crippen molar-refractivity contribution in [3.63, 3.8) is 0 Å². The summed E-state index contributed by atoms with van der Waals surface area (Å²) in [5.74, 6) is 0.0761. The van der Waals surface area contributed by atoms with Crippen molar-refractivity contribution >= 4 is 5.91 Å². The third-order valence-corrected chi connectivity index (χ3v) is 2.00. The number of carbonyl (C=O) groups is 1. The molecule has 1 rings (SSSR count). The van der Waals surface area contributed by atoms with Crippen LogP contribution < -0.4 is 5.32 Å². The molecule has 1 aromatic heterocycles. The van der Waals surface area contributed by atoms with Crippen LogP contribution in [0.3, 0.4) is 0 Å². The molecule has 14 heavy (non-hydrogen) atoms. The fourth-order valence-electron chi connectivity index (χ4n) is 1.03. The molecule has 0 fully saturated rings. The van der Waals surface area contributed by atoms with Crippen molar-refractivity contribution in [3.05, 3.63) is 18.0 Å². The SMILES string of the molecule is CN(C)C(=O)CNCc1ccnn1C. The molecule has 5 heteroatoms. The largest absolute Gasteiger partial charge is 0.348 e. The molecule has 0 aliphatic carbocycles. The van der Waals surface area contributed by atoms with Crippen LogP contribution >= 0.6 is 0 Å². The molecule has 5 nitrogen and oxygen atoms in total. The van der Waals surface area contributed by atoms with Crippen molar-refractivity contribution in [1.82, 2.24) is 20.0 Å². The molecule has 1 heterocycles. The van der Waals surface area contributed by atoms with Crippen LogP contribution in [0.2, 0.25) is 0 Å². The first-order valence-corrected chi connectivity index (χ1v) is 4.49. The van der Waals surface area contributed by atoms with Crippen molar-refractivity contribution in [3.8, 4) is 0 Å². The number of aromatic nitrogens is 2. The van der Waals surface area contributed by atoms with E-state index >= 15 is 0 Å². The van der Waals surface area contributed by atoms with Gasteiger partial charge in [0.2, 0.25) is 5.91 Å². The molecule has 0 bridgehead atoms. The van der Waals surface area contributed by atoms with Crippen molar-refractivity contribution < 1.29 is 4.79 Å². The van der Waals surface area contributed by atoms with Crippen molar-refractivity contribution in [2.24, 2.45) is 7.05 Å². The minimum absolute atomic E-state index is 0.0761. The lowest BCUT2D eigenvalue weighted by atomic mass is 10.4. The molecular formula is C9H16N4O. The Morgan fingerprint density at radius 3 is 2.86 bits per heavy atom. The minimum Gasteiger partial charge on any atom is -0.348 e. The molecule has 0 aliphatic heterocycles. The lowest BCUT2D eigenvalue weighted by Gasteiger charge is -2.10. The summed E-state index contributed by atoms with van der Waals surface area (Å²) in [6, 6.07) is 1.92. The number of amides is 1. The molecule has 78 valence electrons. The molecule has 1 aromatic rings. The first-order valence-electron chi connectivity index (χ1n) is 4.49. The Kier molecular flexibility index (Phi) is 3.64. The molecule has 0 spiro atoms. The molecule has 0 aliphatic rings. The zero-order chi connectivity index (χ0) is 10.6. The first-order chi connectivity index (χ1) is 6.61. The van der Waals surface area contributed by atoms with Crippen LogP contribution in [0.4, 0.5) is 0 Å². The zero-order valence-corrected chi connectivity index (χ0v) is 8.82. The lowest BCUT2D eigenvalue weighted by molar-refractivity contribution is -0.127. The number of likely N-dealkylation sites (N-methyl/N-ethyl adjacent to an activating group) is 1. The second-order valence-electron chi connectivity index (χ2n) is 3.34. The van der Waals surface area contributed by atoms with Gasteiger partial charge in [-0.25, -0.2) is 0 Å². The summed E-state index contributed by atoms with van der Waals surface area (Å²) in [5, 5.41) is 7.09. The predicted molar refractivity (Wildman–Crippen MR) is 53.6 cm³/mol. The molecular weight excluding hydrogens is 180 g/mol. The maximum Gasteiger partial charge on any atom is 0.236 e. The van der Waals surface area contributed by atoms with Crippen LogP contribution in [0.15, 0.2) is 12.3 Å². The van der Waals surface area contributed by atoms with Crippen LogP contribution in [-0.2, 0) is 18.4 Å². The summed E-state index contributed by atoms with van der Waals surface area (Å²) < 4.78 is 1.78. The summed E-state index contributed by atoms with van der Waals surface area (Å²) in [7, 11) is 5.37. The van der Waals surface area contributed by atoms with Crippen molar-refractivity contribution in [2.45, 2.75) is 6.54 Å². The van der Waals surface area contributed by atoms with Gasteiger partial charge in [0, 0.05) is 33.9 Å². The van der Waals surface area contributed by atoms with E-state index in [1.165, 1.54) is 0 Å². The molecule has 0 radical (unpaired) electrons. The van der Waals surface area contributed by atoms with Gasteiger partial charge in [-0.05, 0) is 6.07 Å². The summed E-state index contributed by atoms with van der Waals surface area (Å²) in [5.41, 5.74) is 1.07. The van der Waals surface area contributed by atoms with Crippen molar-refractivity contribution in [1.29, 1.82) is 0 Å². The zero-order valence-electron chi connectivity index (χ0n) is 8.82. The second-order valence-corrected chi connectivity index (χ2v) is 3.34. The normalized spacial score (nSPS) is 10.2. The van der Waals surface area contributed by atoms with E-state index in [-0.39, 0.29) is 5.91 Å². The van der Waals surface area contributed by atoms with Crippen LogP contribution in [-0.4, -0.2) is 41.2 Å². The topological polar surface area (TPSA) is 50.2 Å². The van der Waals surface area contributed by atoms with Gasteiger partial charge < -0.3 is 10.2 Å². The average molecular weight is 196 g/mol. The number of hydrogen-bond donors (Lipinski definition) is 1. The highest BCUT2D eigenvalue weighted by atomic mass is 16.2. The molecule has 0 unspecified atom stereocenters. The third-order valence-electron chi connectivity index (χ3n) is 2.00. The fourth-order valence-corrected chi connectivity index (χ4v) is 1.03. The van der Waals surface area contributed by atoms with Crippen LogP contribution in [0.25, 0.3) is 0 Å². The Hall–Kier alpha value is -1.36. The summed E-state index contributed by atoms with van der Waals surface area (Å²) in [6.45, 7) is 1.02. The predicted octanol–water partition coefficient (Wildman–Crippen LogP) is -0.402. The molecule has 0 aromatic carbocycles. The van der Waals surface area contributed by atoms with Crippen molar-refractivity contribution in [2.75, 3.05) is 20.6 Å². The average Bonchev–Trinajstić information content (AvgIpc) is 2.51. The third kappa shape index (κ3) is 2.85. The highest BCUT2D eigenvalue weighted by Crippen LogP contribution is 1.94. The number of aryl methyl sites for hydroxylation is 1. The van der Waals surface area contributed by atoms with E-state index in [9.17, 15) is 4.79 Å². The lowest BCUT2D eigenvalue weighted by Crippen LogP contribution is -2.32. The van der Waals surface area contributed by atoms with E-state index in [4.69, 9.17) is 0 Å². The highest BCUT2D eigenvalue weighted by Gasteiger charge is 2.03. The summed E-state index contributed by atoms with van der Waals surface area (Å²) in [6.07, 6.45) is 1.74. The van der Waals surface area contributed by atoms with Gasteiger partial charge in [0.05, 0.1) is 12.2 Å². The van der Waals surface area contributed by atoms with Gasteiger partial charge >= 0.3 is 0 Å². The van der Waals surface area contributed by atoms with Gasteiger partial charge in [-0.15, -0.1) is 0 Å². The van der Waals surface area contributed by atoms with Gasteiger partial charge in [-0.1, -0.05) is 0 Å².